The third kappa shape index (κ3) is 8.82. The van der Waals surface area contributed by atoms with E-state index in [0.717, 1.165) is 0 Å². The minimum absolute atomic E-state index is 0. The van der Waals surface area contributed by atoms with Gasteiger partial charge in [0.05, 0.1) is 0 Å². The van der Waals surface area contributed by atoms with Crippen molar-refractivity contribution >= 4 is 0 Å². The summed E-state index contributed by atoms with van der Waals surface area (Å²) in [7, 11) is 0. The Labute approximate surface area is 81.6 Å². The number of hydrogen-bond acceptors (Lipinski definition) is 0. The molecule has 0 aliphatic carbocycles. The zero-order chi connectivity index (χ0) is 0. The molecule has 0 nitrogen and oxygen atoms in total. The van der Waals surface area contributed by atoms with Gasteiger partial charge in [-0.2, -0.15) is 0 Å². The molecule has 0 fully saturated rings. The summed E-state index contributed by atoms with van der Waals surface area (Å²) in [6.45, 7) is 0. The molecule has 3 radical (unpaired) electrons. The molecular formula is AgAuCuPt. The van der Waals surface area contributed by atoms with E-state index in [1.807, 2.05) is 0 Å². The maximum absolute atomic E-state index is 0. The van der Waals surface area contributed by atoms with Gasteiger partial charge in [-0.05, 0) is 0 Å². The molecule has 0 aliphatic heterocycles. The van der Waals surface area contributed by atoms with E-state index in [1.54, 1.807) is 0 Å². The van der Waals surface area contributed by atoms with Crippen molar-refractivity contribution in [1.29, 1.82) is 0 Å². The molecule has 0 spiro atoms. The van der Waals surface area contributed by atoms with Gasteiger partial charge in [0, 0.05) is 82.9 Å². The Morgan fingerprint density at radius 2 is 1.00 bits per heavy atom. The third-order valence-corrected chi connectivity index (χ3v) is 0. The molecule has 0 aromatic carbocycles. The number of rotatable bonds is 0. The molecule has 0 saturated carbocycles. The first-order valence-electron chi connectivity index (χ1n) is 0. The summed E-state index contributed by atoms with van der Waals surface area (Å²) in [4.78, 5) is 0. The van der Waals surface area contributed by atoms with Crippen LogP contribution in [-0.4, -0.2) is 0 Å². The first-order valence-corrected chi connectivity index (χ1v) is 0. The molecule has 0 bridgehead atoms. The first-order chi connectivity index (χ1) is 0. The van der Waals surface area contributed by atoms with Gasteiger partial charge in [-0.25, -0.2) is 0 Å². The van der Waals surface area contributed by atoms with Crippen LogP contribution in [0.2, 0.25) is 0 Å². The van der Waals surface area contributed by atoms with Gasteiger partial charge in [0.25, 0.3) is 0 Å². The standard InChI is InChI=1S/Ag.Au.Cu.Pt. The second-order valence-electron chi connectivity index (χ2n) is 0. The average molecular weight is 563 g/mol. The van der Waals surface area contributed by atoms with Crippen LogP contribution in [0.5, 0.6) is 0 Å². The SMILES string of the molecule is [Ag].[Au].[Cu].[Pt]. The van der Waals surface area contributed by atoms with Crippen molar-refractivity contribution in [2.45, 2.75) is 0 Å². The predicted molar refractivity (Wildman–Crippen MR) is 0 cm³/mol. The quantitative estimate of drug-likeness (QED) is 0.364. The summed E-state index contributed by atoms with van der Waals surface area (Å²) in [6.07, 6.45) is 0. The largest absolute Gasteiger partial charge is 0 e. The fourth-order valence-corrected chi connectivity index (χ4v) is 0. The summed E-state index contributed by atoms with van der Waals surface area (Å²) >= 11 is 0. The molecule has 0 N–H and O–H groups in total. The first kappa shape index (κ1) is 29.9. The smallest absolute Gasteiger partial charge is 0 e. The summed E-state index contributed by atoms with van der Waals surface area (Å²) in [5, 5.41) is 0. The zero-order valence-corrected chi connectivity index (χ0v) is 8.08. The second kappa shape index (κ2) is 17.3. The van der Waals surface area contributed by atoms with Crippen LogP contribution in [0, 0.1) is 0 Å². The van der Waals surface area contributed by atoms with Crippen molar-refractivity contribution in [1.82, 2.24) is 0 Å². The van der Waals surface area contributed by atoms with Crippen LogP contribution in [0.15, 0.2) is 0 Å². The molecule has 0 atom stereocenters. The Kier molecular flexibility index (Phi) is 130. The van der Waals surface area contributed by atoms with E-state index in [-0.39, 0.29) is 82.9 Å². The molecular weight excluding hydrogens is 563 g/mol. The summed E-state index contributed by atoms with van der Waals surface area (Å²) in [6, 6.07) is 0. The molecule has 0 amide bonds. The van der Waals surface area contributed by atoms with Gasteiger partial charge < -0.3 is 0 Å². The van der Waals surface area contributed by atoms with Gasteiger partial charge in [-0.15, -0.1) is 0 Å². The third-order valence-electron chi connectivity index (χ3n) is 0. The van der Waals surface area contributed by atoms with E-state index in [9.17, 15) is 0 Å². The van der Waals surface area contributed by atoms with Gasteiger partial charge in [0.1, 0.15) is 0 Å². The van der Waals surface area contributed by atoms with E-state index >= 15 is 0 Å². The predicted octanol–water partition coefficient (Wildman–Crippen LogP) is -0.0100. The number of hydrogen-bond donors (Lipinski definition) is 0. The van der Waals surface area contributed by atoms with Crippen LogP contribution in [0.3, 0.4) is 0 Å². The summed E-state index contributed by atoms with van der Waals surface area (Å²) in [5.74, 6) is 0. The Balaban J connectivity index is 0. The normalized spacial score (nSPS) is 0. The molecule has 0 heterocycles. The topological polar surface area (TPSA) is 0 Å². The Hall–Kier alpha value is 2.69. The van der Waals surface area contributed by atoms with Crippen molar-refractivity contribution in [3.8, 4) is 0 Å². The van der Waals surface area contributed by atoms with Crippen molar-refractivity contribution in [2.24, 2.45) is 0 Å². The van der Waals surface area contributed by atoms with E-state index in [0.29, 0.717) is 0 Å². The molecule has 43 valence electrons. The monoisotopic (exact) mass is 562 g/mol. The van der Waals surface area contributed by atoms with Gasteiger partial charge in [0.15, 0.2) is 0 Å². The summed E-state index contributed by atoms with van der Waals surface area (Å²) in [5.41, 5.74) is 0. The van der Waals surface area contributed by atoms with Crippen LogP contribution < -0.4 is 0 Å². The average Bonchev–Trinajstić information content (AvgIpc) is 0. The Morgan fingerprint density at radius 1 is 1.00 bits per heavy atom. The van der Waals surface area contributed by atoms with E-state index in [2.05, 4.69) is 0 Å². The van der Waals surface area contributed by atoms with Crippen LogP contribution in [0.4, 0.5) is 0 Å². The van der Waals surface area contributed by atoms with E-state index < -0.39 is 0 Å². The minimum atomic E-state index is 0. The molecule has 0 rings (SSSR count). The van der Waals surface area contributed by atoms with Crippen LogP contribution in [-0.2, 0) is 82.9 Å². The molecule has 0 unspecified atom stereocenters. The van der Waals surface area contributed by atoms with Gasteiger partial charge >= 0.3 is 0 Å². The van der Waals surface area contributed by atoms with Gasteiger partial charge in [-0.1, -0.05) is 0 Å². The minimum Gasteiger partial charge on any atom is 0 e. The van der Waals surface area contributed by atoms with Gasteiger partial charge in [-0.3, -0.25) is 0 Å². The maximum atomic E-state index is 0. The maximum Gasteiger partial charge on any atom is 0 e. The molecule has 0 aromatic rings. The zero-order valence-electron chi connectivity index (χ0n) is 1.22. The van der Waals surface area contributed by atoms with Crippen LogP contribution in [0.1, 0.15) is 0 Å². The van der Waals surface area contributed by atoms with Crippen molar-refractivity contribution < 1.29 is 82.9 Å². The van der Waals surface area contributed by atoms with E-state index in [1.165, 1.54) is 0 Å². The van der Waals surface area contributed by atoms with Crippen LogP contribution in [0.25, 0.3) is 0 Å². The molecule has 4 heavy (non-hydrogen) atoms. The molecule has 0 saturated heterocycles. The Morgan fingerprint density at radius 3 is 1.00 bits per heavy atom. The Bertz CT molecular complexity index is 8.00. The van der Waals surface area contributed by atoms with E-state index in [4.69, 9.17) is 0 Å². The molecule has 0 aromatic heterocycles. The fourth-order valence-electron chi connectivity index (χ4n) is 0. The van der Waals surface area contributed by atoms with Crippen molar-refractivity contribution in [3.63, 3.8) is 0 Å². The fraction of sp³-hybridized carbons (Fsp3) is 0. The second-order valence-corrected chi connectivity index (χ2v) is 0. The van der Waals surface area contributed by atoms with Gasteiger partial charge in [0.2, 0.25) is 0 Å². The van der Waals surface area contributed by atoms with Crippen LogP contribution >= 0.6 is 0 Å². The summed E-state index contributed by atoms with van der Waals surface area (Å²) < 4.78 is 0. The molecule has 0 aliphatic rings. The van der Waals surface area contributed by atoms with Crippen molar-refractivity contribution in [2.75, 3.05) is 0 Å². The van der Waals surface area contributed by atoms with Crippen molar-refractivity contribution in [3.05, 3.63) is 0 Å². The molecule has 4 heteroatoms.